The molecule has 1 aliphatic rings. The number of likely N-dealkylation sites (N-methyl/N-ethyl adjacent to an activating group) is 1. The lowest BCUT2D eigenvalue weighted by molar-refractivity contribution is 0.116. The monoisotopic (exact) mass is 257 g/mol. The standard InChI is InChI=1S/C13H17ClFNO/c1-16(9-13-3-2-4-17-13)12-6-10(8-14)5-11(15)7-12/h5-7,13H,2-4,8-9H2,1H3. The second kappa shape index (κ2) is 5.69. The molecule has 0 bridgehead atoms. The zero-order chi connectivity index (χ0) is 12.3. The molecule has 1 heterocycles. The van der Waals surface area contributed by atoms with Gasteiger partial charge in [-0.2, -0.15) is 0 Å². The molecule has 1 unspecified atom stereocenters. The molecule has 2 nitrogen and oxygen atoms in total. The highest BCUT2D eigenvalue weighted by Crippen LogP contribution is 2.21. The number of ether oxygens (including phenoxy) is 1. The van der Waals surface area contributed by atoms with Crippen molar-refractivity contribution < 1.29 is 9.13 Å². The van der Waals surface area contributed by atoms with Gasteiger partial charge in [0.25, 0.3) is 0 Å². The summed E-state index contributed by atoms with van der Waals surface area (Å²) in [6.45, 7) is 1.64. The molecule has 0 amide bonds. The zero-order valence-electron chi connectivity index (χ0n) is 9.96. The topological polar surface area (TPSA) is 12.5 Å². The molecule has 1 aromatic rings. The highest BCUT2D eigenvalue weighted by molar-refractivity contribution is 6.17. The lowest BCUT2D eigenvalue weighted by Crippen LogP contribution is -2.28. The van der Waals surface area contributed by atoms with E-state index < -0.39 is 0 Å². The van der Waals surface area contributed by atoms with Crippen LogP contribution in [0.25, 0.3) is 0 Å². The Labute approximate surface area is 106 Å². The van der Waals surface area contributed by atoms with Crippen molar-refractivity contribution in [1.29, 1.82) is 0 Å². The molecule has 94 valence electrons. The van der Waals surface area contributed by atoms with Crippen LogP contribution in [0.1, 0.15) is 18.4 Å². The van der Waals surface area contributed by atoms with E-state index in [2.05, 4.69) is 0 Å². The van der Waals surface area contributed by atoms with Gasteiger partial charge in [-0.15, -0.1) is 11.6 Å². The maximum Gasteiger partial charge on any atom is 0.125 e. The average Bonchev–Trinajstić information content (AvgIpc) is 2.81. The van der Waals surface area contributed by atoms with Gasteiger partial charge in [0.2, 0.25) is 0 Å². The van der Waals surface area contributed by atoms with Crippen LogP contribution in [0.15, 0.2) is 18.2 Å². The molecule has 1 atom stereocenters. The molecule has 1 saturated heterocycles. The van der Waals surface area contributed by atoms with Crippen LogP contribution in [0, 0.1) is 5.82 Å². The molecular formula is C13H17ClFNO. The third-order valence-corrected chi connectivity index (χ3v) is 3.35. The van der Waals surface area contributed by atoms with Gasteiger partial charge in [0.1, 0.15) is 5.82 Å². The molecule has 1 fully saturated rings. The van der Waals surface area contributed by atoms with E-state index in [1.807, 2.05) is 18.0 Å². The fourth-order valence-corrected chi connectivity index (χ4v) is 2.28. The lowest BCUT2D eigenvalue weighted by Gasteiger charge is -2.23. The van der Waals surface area contributed by atoms with Crippen molar-refractivity contribution in [2.45, 2.75) is 24.8 Å². The van der Waals surface area contributed by atoms with Gasteiger partial charge in [0, 0.05) is 31.8 Å². The first kappa shape index (κ1) is 12.7. The molecule has 0 spiro atoms. The minimum atomic E-state index is -0.239. The second-order valence-electron chi connectivity index (χ2n) is 4.47. The van der Waals surface area contributed by atoms with Crippen LogP contribution < -0.4 is 4.90 Å². The Morgan fingerprint density at radius 2 is 2.29 bits per heavy atom. The Kier molecular flexibility index (Phi) is 4.24. The van der Waals surface area contributed by atoms with Gasteiger partial charge in [0.15, 0.2) is 0 Å². The molecule has 4 heteroatoms. The third-order valence-electron chi connectivity index (χ3n) is 3.04. The highest BCUT2D eigenvalue weighted by atomic mass is 35.5. The Morgan fingerprint density at radius 1 is 1.47 bits per heavy atom. The summed E-state index contributed by atoms with van der Waals surface area (Å²) in [6.07, 6.45) is 2.47. The summed E-state index contributed by atoms with van der Waals surface area (Å²) in [5.74, 6) is 0.0933. The van der Waals surface area contributed by atoms with Crippen molar-refractivity contribution in [3.05, 3.63) is 29.6 Å². The number of nitrogens with zero attached hydrogens (tertiary/aromatic N) is 1. The fourth-order valence-electron chi connectivity index (χ4n) is 2.13. The zero-order valence-corrected chi connectivity index (χ0v) is 10.7. The van der Waals surface area contributed by atoms with Crippen LogP contribution in [0.2, 0.25) is 0 Å². The van der Waals surface area contributed by atoms with Crippen molar-refractivity contribution in [3.8, 4) is 0 Å². The van der Waals surface area contributed by atoms with Crippen LogP contribution in [-0.4, -0.2) is 26.3 Å². The fraction of sp³-hybridized carbons (Fsp3) is 0.538. The van der Waals surface area contributed by atoms with Crippen molar-refractivity contribution in [2.24, 2.45) is 0 Å². The number of anilines is 1. The van der Waals surface area contributed by atoms with Gasteiger partial charge in [0.05, 0.1) is 6.10 Å². The number of hydrogen-bond acceptors (Lipinski definition) is 2. The summed E-state index contributed by atoms with van der Waals surface area (Å²) < 4.78 is 18.9. The Morgan fingerprint density at radius 3 is 2.94 bits per heavy atom. The van der Waals surface area contributed by atoms with E-state index >= 15 is 0 Å². The first-order chi connectivity index (χ1) is 8.19. The summed E-state index contributed by atoms with van der Waals surface area (Å²) in [7, 11) is 1.95. The molecule has 0 aliphatic carbocycles. The van der Waals surface area contributed by atoms with E-state index in [1.54, 1.807) is 0 Å². The van der Waals surface area contributed by atoms with E-state index in [0.29, 0.717) is 5.88 Å². The molecular weight excluding hydrogens is 241 g/mol. The smallest absolute Gasteiger partial charge is 0.125 e. The quantitative estimate of drug-likeness (QED) is 0.769. The van der Waals surface area contributed by atoms with Gasteiger partial charge in [-0.3, -0.25) is 0 Å². The summed E-state index contributed by atoms with van der Waals surface area (Å²) in [4.78, 5) is 2.02. The van der Waals surface area contributed by atoms with Gasteiger partial charge in [-0.25, -0.2) is 4.39 Å². The predicted molar refractivity (Wildman–Crippen MR) is 68.2 cm³/mol. The normalized spacial score (nSPS) is 19.6. The molecule has 17 heavy (non-hydrogen) atoms. The minimum absolute atomic E-state index is 0.239. The molecule has 0 saturated carbocycles. The number of rotatable bonds is 4. The molecule has 0 radical (unpaired) electrons. The van der Waals surface area contributed by atoms with Crippen LogP contribution >= 0.6 is 11.6 Å². The van der Waals surface area contributed by atoms with E-state index in [-0.39, 0.29) is 11.9 Å². The Bertz CT molecular complexity index is 380. The summed E-state index contributed by atoms with van der Waals surface area (Å²) >= 11 is 5.74. The van der Waals surface area contributed by atoms with Gasteiger partial charge >= 0.3 is 0 Å². The molecule has 1 aromatic carbocycles. The van der Waals surface area contributed by atoms with E-state index in [9.17, 15) is 4.39 Å². The summed E-state index contributed by atoms with van der Waals surface area (Å²) in [6, 6.07) is 4.92. The van der Waals surface area contributed by atoms with Crippen molar-refractivity contribution >= 4 is 17.3 Å². The van der Waals surface area contributed by atoms with Gasteiger partial charge < -0.3 is 9.64 Å². The van der Waals surface area contributed by atoms with Crippen molar-refractivity contribution in [2.75, 3.05) is 25.1 Å². The number of benzene rings is 1. The Hall–Kier alpha value is -0.800. The average molecular weight is 258 g/mol. The SMILES string of the molecule is CN(CC1CCCO1)c1cc(F)cc(CCl)c1. The van der Waals surface area contributed by atoms with Crippen LogP contribution in [0.5, 0.6) is 0 Å². The lowest BCUT2D eigenvalue weighted by atomic mass is 10.2. The third kappa shape index (κ3) is 3.33. The summed E-state index contributed by atoms with van der Waals surface area (Å²) in [5.41, 5.74) is 1.66. The minimum Gasteiger partial charge on any atom is -0.376 e. The highest BCUT2D eigenvalue weighted by Gasteiger charge is 2.18. The van der Waals surface area contributed by atoms with Crippen LogP contribution in [-0.2, 0) is 10.6 Å². The maximum atomic E-state index is 13.4. The summed E-state index contributed by atoms with van der Waals surface area (Å²) in [5, 5.41) is 0. The Balaban J connectivity index is 2.06. The molecule has 0 aromatic heterocycles. The first-order valence-electron chi connectivity index (χ1n) is 5.87. The number of hydrogen-bond donors (Lipinski definition) is 0. The predicted octanol–water partition coefficient (Wildman–Crippen LogP) is 3.18. The first-order valence-corrected chi connectivity index (χ1v) is 6.40. The van der Waals surface area contributed by atoms with Crippen LogP contribution in [0.3, 0.4) is 0 Å². The second-order valence-corrected chi connectivity index (χ2v) is 4.73. The number of halogens is 2. The van der Waals surface area contributed by atoms with Crippen molar-refractivity contribution in [3.63, 3.8) is 0 Å². The molecule has 0 N–H and O–H groups in total. The van der Waals surface area contributed by atoms with Crippen molar-refractivity contribution in [1.82, 2.24) is 0 Å². The molecule has 2 rings (SSSR count). The van der Waals surface area contributed by atoms with Gasteiger partial charge in [-0.05, 0) is 36.6 Å². The number of alkyl halides is 1. The van der Waals surface area contributed by atoms with Gasteiger partial charge in [-0.1, -0.05) is 0 Å². The van der Waals surface area contributed by atoms with Crippen LogP contribution in [0.4, 0.5) is 10.1 Å². The largest absolute Gasteiger partial charge is 0.376 e. The maximum absolute atomic E-state index is 13.4. The van der Waals surface area contributed by atoms with E-state index in [4.69, 9.17) is 16.3 Å². The van der Waals surface area contributed by atoms with E-state index in [0.717, 1.165) is 37.2 Å². The van der Waals surface area contributed by atoms with E-state index in [1.165, 1.54) is 12.1 Å². The molecule has 1 aliphatic heterocycles.